The third-order valence-electron chi connectivity index (χ3n) is 9.60. The monoisotopic (exact) mass is 414 g/mol. The smallest absolute Gasteiger partial charge is 0.293 e. The summed E-state index contributed by atoms with van der Waals surface area (Å²) in [5.41, 5.74) is 2.50. The van der Waals surface area contributed by atoms with Crippen molar-refractivity contribution in [2.75, 3.05) is 0 Å². The van der Waals surface area contributed by atoms with Crippen molar-refractivity contribution in [3.63, 3.8) is 0 Å². The first kappa shape index (κ1) is 22.1. The van der Waals surface area contributed by atoms with E-state index in [4.69, 9.17) is 4.74 Å². The van der Waals surface area contributed by atoms with Crippen LogP contribution in [0.2, 0.25) is 0 Å². The number of hydrogen-bond donors (Lipinski definition) is 1. The van der Waals surface area contributed by atoms with E-state index in [0.717, 1.165) is 37.5 Å². The normalized spacial score (nSPS) is 39.3. The van der Waals surface area contributed by atoms with Crippen molar-refractivity contribution in [3.05, 3.63) is 23.8 Å². The zero-order valence-electron chi connectivity index (χ0n) is 19.6. The number of carbonyl (C=O) groups excluding carboxylic acids is 1. The van der Waals surface area contributed by atoms with E-state index < -0.39 is 5.60 Å². The largest absolute Gasteiger partial charge is 0.463 e. The summed E-state index contributed by atoms with van der Waals surface area (Å²) >= 11 is 0. The lowest BCUT2D eigenvalue weighted by Gasteiger charge is -2.48. The Morgan fingerprint density at radius 3 is 2.73 bits per heavy atom. The predicted molar refractivity (Wildman–Crippen MR) is 121 cm³/mol. The standard InChI is InChI=1S/C27H42O3/c1-18(8-6-12-25(3,4)29)22-10-11-23-20(9-7-13-26(22,23)5)15-24(30-17-28)27-16-21(27)14-19(27)2/h14,17-18,20,22-24,29H,2,6-13,15-16H2,1,3-5H3/t18-,20?,22-,23+,24?,26-,27+/m1/s1. The fourth-order valence-corrected chi connectivity index (χ4v) is 7.92. The minimum atomic E-state index is -0.549. The van der Waals surface area contributed by atoms with E-state index in [2.05, 4.69) is 26.5 Å². The van der Waals surface area contributed by atoms with Gasteiger partial charge in [-0.3, -0.25) is 4.79 Å². The fourth-order valence-electron chi connectivity index (χ4n) is 7.92. The third-order valence-corrected chi connectivity index (χ3v) is 9.60. The zero-order valence-corrected chi connectivity index (χ0v) is 19.6. The Balaban J connectivity index is 1.41. The number of hydrogen-bond acceptors (Lipinski definition) is 3. The molecule has 0 saturated heterocycles. The topological polar surface area (TPSA) is 46.5 Å². The van der Waals surface area contributed by atoms with Gasteiger partial charge in [-0.2, -0.15) is 0 Å². The van der Waals surface area contributed by atoms with E-state index in [1.807, 2.05) is 13.8 Å². The molecule has 0 bridgehead atoms. The molecule has 7 atom stereocenters. The molecule has 0 aromatic heterocycles. The molecule has 3 saturated carbocycles. The third kappa shape index (κ3) is 3.70. The quantitative estimate of drug-likeness (QED) is 0.432. The van der Waals surface area contributed by atoms with Crippen LogP contribution in [-0.2, 0) is 9.53 Å². The van der Waals surface area contributed by atoms with Gasteiger partial charge in [0.05, 0.1) is 11.0 Å². The van der Waals surface area contributed by atoms with Crippen LogP contribution in [0.4, 0.5) is 0 Å². The Bertz CT molecular complexity index is 709. The van der Waals surface area contributed by atoms with Crippen LogP contribution in [0, 0.1) is 34.5 Å². The maximum absolute atomic E-state index is 11.3. The van der Waals surface area contributed by atoms with Gasteiger partial charge in [-0.15, -0.1) is 0 Å². The molecule has 1 N–H and O–H groups in total. The lowest BCUT2D eigenvalue weighted by atomic mass is 9.57. The van der Waals surface area contributed by atoms with Gasteiger partial charge in [0, 0.05) is 0 Å². The molecule has 0 radical (unpaired) electrons. The fraction of sp³-hybridized carbons (Fsp3) is 0.815. The first-order valence-corrected chi connectivity index (χ1v) is 12.3. The number of carbonyl (C=O) groups is 1. The van der Waals surface area contributed by atoms with Crippen molar-refractivity contribution in [2.45, 2.75) is 104 Å². The van der Waals surface area contributed by atoms with Gasteiger partial charge in [-0.25, -0.2) is 0 Å². The van der Waals surface area contributed by atoms with E-state index in [0.29, 0.717) is 23.7 Å². The Labute approximate surface area is 183 Å². The van der Waals surface area contributed by atoms with Crippen molar-refractivity contribution in [3.8, 4) is 0 Å². The van der Waals surface area contributed by atoms with Crippen molar-refractivity contribution in [1.82, 2.24) is 0 Å². The summed E-state index contributed by atoms with van der Waals surface area (Å²) < 4.78 is 5.70. The molecule has 168 valence electrons. The lowest BCUT2D eigenvalue weighted by Crippen LogP contribution is -2.42. The maximum Gasteiger partial charge on any atom is 0.293 e. The molecule has 4 aliphatic rings. The van der Waals surface area contributed by atoms with Gasteiger partial charge in [0.1, 0.15) is 6.10 Å². The molecule has 30 heavy (non-hydrogen) atoms. The number of ether oxygens (including phenoxy) is 1. The Morgan fingerprint density at radius 1 is 1.37 bits per heavy atom. The van der Waals surface area contributed by atoms with Crippen LogP contribution in [-0.4, -0.2) is 23.3 Å². The van der Waals surface area contributed by atoms with Gasteiger partial charge in [-0.1, -0.05) is 57.8 Å². The highest BCUT2D eigenvalue weighted by Crippen LogP contribution is 2.70. The first-order valence-electron chi connectivity index (χ1n) is 12.3. The van der Waals surface area contributed by atoms with E-state index in [1.54, 1.807) is 0 Å². The summed E-state index contributed by atoms with van der Waals surface area (Å²) in [4.78, 5) is 11.3. The highest BCUT2D eigenvalue weighted by atomic mass is 16.5. The summed E-state index contributed by atoms with van der Waals surface area (Å²) in [6.45, 7) is 13.7. The molecule has 2 unspecified atom stereocenters. The second kappa shape index (κ2) is 7.80. The average molecular weight is 415 g/mol. The highest BCUT2D eigenvalue weighted by molar-refractivity contribution is 5.62. The molecule has 0 spiro atoms. The van der Waals surface area contributed by atoms with E-state index in [-0.39, 0.29) is 11.5 Å². The Kier molecular flexibility index (Phi) is 5.75. The van der Waals surface area contributed by atoms with Crippen LogP contribution in [0.5, 0.6) is 0 Å². The zero-order chi connectivity index (χ0) is 21.7. The van der Waals surface area contributed by atoms with Gasteiger partial charge in [0.25, 0.3) is 6.47 Å². The lowest BCUT2D eigenvalue weighted by molar-refractivity contribution is -0.138. The second-order valence-corrected chi connectivity index (χ2v) is 11.9. The van der Waals surface area contributed by atoms with Crippen molar-refractivity contribution in [1.29, 1.82) is 0 Å². The summed E-state index contributed by atoms with van der Waals surface area (Å²) in [6.07, 6.45) is 14.1. The molecule has 3 nitrogen and oxygen atoms in total. The van der Waals surface area contributed by atoms with Crippen LogP contribution < -0.4 is 0 Å². The van der Waals surface area contributed by atoms with Gasteiger partial charge in [0.2, 0.25) is 0 Å². The van der Waals surface area contributed by atoms with Crippen molar-refractivity contribution in [2.24, 2.45) is 34.5 Å². The second-order valence-electron chi connectivity index (χ2n) is 11.9. The van der Waals surface area contributed by atoms with E-state index in [1.165, 1.54) is 49.7 Å². The maximum atomic E-state index is 11.3. The Hall–Kier alpha value is -1.09. The molecule has 3 heteroatoms. The molecule has 3 fully saturated rings. The van der Waals surface area contributed by atoms with Crippen LogP contribution in [0.1, 0.15) is 91.9 Å². The van der Waals surface area contributed by atoms with Crippen LogP contribution in [0.15, 0.2) is 23.8 Å². The van der Waals surface area contributed by atoms with Gasteiger partial charge in [-0.05, 0) is 87.0 Å². The summed E-state index contributed by atoms with van der Waals surface area (Å²) in [5.74, 6) is 2.91. The average Bonchev–Trinajstić information content (AvgIpc) is 3.11. The summed E-state index contributed by atoms with van der Waals surface area (Å²) in [6, 6.07) is 0. The minimum absolute atomic E-state index is 0.00175. The van der Waals surface area contributed by atoms with E-state index in [9.17, 15) is 9.90 Å². The molecule has 0 amide bonds. The van der Waals surface area contributed by atoms with E-state index >= 15 is 0 Å². The number of rotatable bonds is 10. The van der Waals surface area contributed by atoms with Gasteiger partial charge >= 0.3 is 0 Å². The van der Waals surface area contributed by atoms with Gasteiger partial charge < -0.3 is 9.84 Å². The first-order chi connectivity index (χ1) is 14.1. The van der Waals surface area contributed by atoms with Crippen LogP contribution in [0.3, 0.4) is 0 Å². The Morgan fingerprint density at radius 2 is 2.13 bits per heavy atom. The highest BCUT2D eigenvalue weighted by Gasteiger charge is 2.63. The molecule has 0 aromatic carbocycles. The number of allylic oxidation sites excluding steroid dienone is 1. The molecule has 0 heterocycles. The molecule has 4 aliphatic carbocycles. The predicted octanol–water partition coefficient (Wildman–Crippen LogP) is 6.21. The van der Waals surface area contributed by atoms with Crippen LogP contribution >= 0.6 is 0 Å². The van der Waals surface area contributed by atoms with Crippen molar-refractivity contribution >= 4 is 6.47 Å². The number of fused-ring (bicyclic) bond motifs is 2. The summed E-state index contributed by atoms with van der Waals surface area (Å²) in [7, 11) is 0. The van der Waals surface area contributed by atoms with Crippen molar-refractivity contribution < 1.29 is 14.6 Å². The molecule has 0 aromatic rings. The molecular weight excluding hydrogens is 372 g/mol. The number of aliphatic hydroxyl groups is 1. The molecule has 0 aliphatic heterocycles. The summed E-state index contributed by atoms with van der Waals surface area (Å²) in [5, 5.41) is 10.1. The van der Waals surface area contributed by atoms with Gasteiger partial charge in [0.15, 0.2) is 0 Å². The molecular formula is C27H42O3. The van der Waals surface area contributed by atoms with Crippen LogP contribution in [0.25, 0.3) is 0 Å². The molecule has 4 rings (SSSR count). The SMILES string of the molecule is C=C1C=C2C[C@]12C(CC1CCC[C@]2(C)[C@@H]([C@H](C)CCCC(C)(C)O)CC[C@@H]12)OC=O. The minimum Gasteiger partial charge on any atom is -0.463 e.